The maximum Gasteiger partial charge on any atom is 0.321 e. The van der Waals surface area contributed by atoms with Crippen molar-refractivity contribution in [3.05, 3.63) is 75.9 Å². The average molecular weight is 695 g/mol. The molecule has 1 aromatic heterocycles. The Morgan fingerprint density at radius 3 is 2.54 bits per heavy atom. The van der Waals surface area contributed by atoms with Gasteiger partial charge < -0.3 is 35.3 Å². The first-order valence-corrected chi connectivity index (χ1v) is 15.8. The molecule has 12 nitrogen and oxygen atoms in total. The van der Waals surface area contributed by atoms with Gasteiger partial charge in [-0.15, -0.1) is 0 Å². The lowest BCUT2D eigenvalue weighted by Gasteiger charge is -2.41. The molecule has 1 saturated heterocycles. The van der Waals surface area contributed by atoms with E-state index in [2.05, 4.69) is 5.32 Å². The number of methoxy groups -OCH3 is 1. The molecule has 4 N–H and O–H groups in total. The molecule has 14 heteroatoms. The molecule has 2 aliphatic heterocycles. The Hall–Kier alpha value is -4.62. The number of hydrogen-bond acceptors (Lipinski definition) is 8. The van der Waals surface area contributed by atoms with Gasteiger partial charge in [0.2, 0.25) is 5.91 Å². The SMILES string of the molecule is COc1cc2c(cc1-c1cccc(NC(=O)C[C@@H](N)C(=O)O)c1)-c1c(c(C(=O)N3CCOCC3(C)C)nn1-c1cc(Cl)cc(Cl)c1)CO2. The summed E-state index contributed by atoms with van der Waals surface area (Å²) in [6, 6.07) is 14.4. The number of nitrogens with one attached hydrogen (secondary N) is 1. The minimum absolute atomic E-state index is 0.0744. The van der Waals surface area contributed by atoms with E-state index >= 15 is 0 Å². The van der Waals surface area contributed by atoms with Crippen molar-refractivity contribution in [1.82, 2.24) is 14.7 Å². The van der Waals surface area contributed by atoms with Crippen LogP contribution in [0.5, 0.6) is 11.5 Å². The fourth-order valence-corrected chi connectivity index (χ4v) is 6.43. The van der Waals surface area contributed by atoms with Crippen LogP contribution in [-0.4, -0.2) is 76.0 Å². The van der Waals surface area contributed by atoms with Crippen molar-refractivity contribution >= 4 is 46.7 Å². The quantitative estimate of drug-likeness (QED) is 0.220. The molecule has 2 amide bonds. The molecular formula is C34H33Cl2N5O7. The molecule has 0 unspecified atom stereocenters. The molecule has 3 aromatic carbocycles. The molecule has 0 saturated carbocycles. The molecule has 6 rings (SSSR count). The lowest BCUT2D eigenvalue weighted by atomic mass is 9.95. The van der Waals surface area contributed by atoms with E-state index < -0.39 is 23.5 Å². The van der Waals surface area contributed by atoms with Gasteiger partial charge in [0.05, 0.1) is 43.7 Å². The van der Waals surface area contributed by atoms with Crippen LogP contribution in [0.3, 0.4) is 0 Å². The fraction of sp³-hybridized carbons (Fsp3) is 0.294. The molecule has 2 aliphatic rings. The minimum atomic E-state index is -1.33. The zero-order valence-corrected chi connectivity index (χ0v) is 27.9. The van der Waals surface area contributed by atoms with Crippen LogP contribution in [0.1, 0.15) is 36.3 Å². The maximum absolute atomic E-state index is 14.2. The number of amides is 2. The third-order valence-electron chi connectivity index (χ3n) is 8.28. The second kappa shape index (κ2) is 13.1. The zero-order chi connectivity index (χ0) is 34.3. The van der Waals surface area contributed by atoms with E-state index in [-0.39, 0.29) is 24.6 Å². The molecule has 0 aliphatic carbocycles. The van der Waals surface area contributed by atoms with E-state index in [4.69, 9.17) is 53.4 Å². The summed E-state index contributed by atoms with van der Waals surface area (Å²) in [5.41, 5.74) is 9.41. The summed E-state index contributed by atoms with van der Waals surface area (Å²) < 4.78 is 19.3. The summed E-state index contributed by atoms with van der Waals surface area (Å²) in [7, 11) is 1.54. The highest BCUT2D eigenvalue weighted by Crippen LogP contribution is 2.47. The van der Waals surface area contributed by atoms with Crippen molar-refractivity contribution in [2.45, 2.75) is 38.5 Å². The summed E-state index contributed by atoms with van der Waals surface area (Å²) in [6.45, 7) is 5.18. The fourth-order valence-electron chi connectivity index (χ4n) is 5.92. The molecule has 1 atom stereocenters. The van der Waals surface area contributed by atoms with Crippen LogP contribution in [-0.2, 0) is 20.9 Å². The Bertz CT molecular complexity index is 1920. The highest BCUT2D eigenvalue weighted by Gasteiger charge is 2.39. The van der Waals surface area contributed by atoms with Crippen LogP contribution in [0.15, 0.2) is 54.6 Å². The van der Waals surface area contributed by atoms with Gasteiger partial charge in [-0.25, -0.2) is 4.68 Å². The Morgan fingerprint density at radius 1 is 1.10 bits per heavy atom. The van der Waals surface area contributed by atoms with E-state index in [1.54, 1.807) is 52.0 Å². The van der Waals surface area contributed by atoms with Crippen LogP contribution >= 0.6 is 23.2 Å². The Labute approximate surface area is 286 Å². The third-order valence-corrected chi connectivity index (χ3v) is 8.71. The molecular weight excluding hydrogens is 661 g/mol. The molecule has 0 spiro atoms. The number of carboxylic acids is 1. The first-order valence-electron chi connectivity index (χ1n) is 15.1. The summed E-state index contributed by atoms with van der Waals surface area (Å²) in [5.74, 6) is -1.05. The van der Waals surface area contributed by atoms with Crippen molar-refractivity contribution in [2.75, 3.05) is 32.2 Å². The van der Waals surface area contributed by atoms with Gasteiger partial charge in [0.1, 0.15) is 24.1 Å². The average Bonchev–Trinajstić information content (AvgIpc) is 3.43. The van der Waals surface area contributed by atoms with Gasteiger partial charge in [-0.3, -0.25) is 14.4 Å². The van der Waals surface area contributed by atoms with Crippen molar-refractivity contribution in [3.63, 3.8) is 0 Å². The predicted molar refractivity (Wildman–Crippen MR) is 180 cm³/mol. The van der Waals surface area contributed by atoms with Crippen molar-refractivity contribution in [2.24, 2.45) is 5.73 Å². The van der Waals surface area contributed by atoms with Crippen LogP contribution in [0.2, 0.25) is 10.0 Å². The summed E-state index contributed by atoms with van der Waals surface area (Å²) in [6.07, 6.45) is -0.387. The summed E-state index contributed by atoms with van der Waals surface area (Å²) in [5, 5.41) is 17.5. The van der Waals surface area contributed by atoms with Gasteiger partial charge in [-0.05, 0) is 55.8 Å². The van der Waals surface area contributed by atoms with Gasteiger partial charge in [-0.1, -0.05) is 35.3 Å². The van der Waals surface area contributed by atoms with Crippen LogP contribution < -0.4 is 20.5 Å². The Morgan fingerprint density at radius 2 is 1.85 bits per heavy atom. The summed E-state index contributed by atoms with van der Waals surface area (Å²) >= 11 is 12.9. The van der Waals surface area contributed by atoms with E-state index in [0.29, 0.717) is 80.6 Å². The number of rotatable bonds is 8. The third kappa shape index (κ3) is 6.44. The minimum Gasteiger partial charge on any atom is -0.496 e. The molecule has 0 radical (unpaired) electrons. The standard InChI is InChI=1S/C34H33Cl2N5O7/c1-34(2)17-47-8-7-40(34)32(43)30-25-16-48-28-15-27(46-3)23(18-5-4-6-21(9-18)38-29(42)14-26(37)33(44)45)13-24(28)31(25)41(39-30)22-11-19(35)10-20(36)12-22/h4-6,9-13,15,26H,7-8,14,16-17,37H2,1-3H3,(H,38,42)(H,44,45)/t26-/m1/s1. The van der Waals surface area contributed by atoms with Crippen molar-refractivity contribution in [3.8, 4) is 39.6 Å². The van der Waals surface area contributed by atoms with Crippen LogP contribution in [0, 0.1) is 0 Å². The van der Waals surface area contributed by atoms with Gasteiger partial charge in [0.15, 0.2) is 5.69 Å². The van der Waals surface area contributed by atoms with Crippen molar-refractivity contribution < 1.29 is 33.7 Å². The lowest BCUT2D eigenvalue weighted by Crippen LogP contribution is -2.55. The molecule has 48 heavy (non-hydrogen) atoms. The molecule has 4 aromatic rings. The van der Waals surface area contributed by atoms with Gasteiger partial charge in [-0.2, -0.15) is 5.10 Å². The molecule has 0 bridgehead atoms. The number of halogens is 2. The first kappa shape index (κ1) is 33.3. The Kier molecular flexibility index (Phi) is 9.10. The predicted octanol–water partition coefficient (Wildman–Crippen LogP) is 5.41. The monoisotopic (exact) mass is 693 g/mol. The number of anilines is 1. The number of hydrogen-bond donors (Lipinski definition) is 3. The zero-order valence-electron chi connectivity index (χ0n) is 26.4. The first-order chi connectivity index (χ1) is 22.9. The number of benzene rings is 3. The Balaban J connectivity index is 1.48. The number of nitrogens with zero attached hydrogens (tertiary/aromatic N) is 3. The number of carboxylic acid groups (broad SMARTS) is 1. The number of aliphatic carboxylic acids is 1. The van der Waals surface area contributed by atoms with Crippen LogP contribution in [0.25, 0.3) is 28.1 Å². The van der Waals surface area contributed by atoms with Gasteiger partial charge in [0, 0.05) is 45.0 Å². The number of ether oxygens (including phenoxy) is 3. The smallest absolute Gasteiger partial charge is 0.321 e. The maximum atomic E-state index is 14.2. The second-order valence-electron chi connectivity index (χ2n) is 12.2. The van der Waals surface area contributed by atoms with E-state index in [9.17, 15) is 14.4 Å². The highest BCUT2D eigenvalue weighted by atomic mass is 35.5. The number of carbonyl (C=O) groups is 3. The second-order valence-corrected chi connectivity index (χ2v) is 13.0. The van der Waals surface area contributed by atoms with Gasteiger partial charge >= 0.3 is 5.97 Å². The van der Waals surface area contributed by atoms with Crippen molar-refractivity contribution in [1.29, 1.82) is 0 Å². The molecule has 3 heterocycles. The van der Waals surface area contributed by atoms with E-state index in [1.165, 1.54) is 7.11 Å². The van der Waals surface area contributed by atoms with Gasteiger partial charge in [0.25, 0.3) is 5.91 Å². The number of nitrogens with two attached hydrogens (primary N) is 1. The molecule has 250 valence electrons. The van der Waals surface area contributed by atoms with E-state index in [0.717, 1.165) is 0 Å². The highest BCUT2D eigenvalue weighted by molar-refractivity contribution is 6.34. The lowest BCUT2D eigenvalue weighted by molar-refractivity contribution is -0.140. The number of aromatic nitrogens is 2. The number of fused-ring (bicyclic) bond motifs is 3. The summed E-state index contributed by atoms with van der Waals surface area (Å²) in [4.78, 5) is 39.6. The normalized spacial score (nSPS) is 15.5. The van der Waals surface area contributed by atoms with E-state index in [1.807, 2.05) is 26.0 Å². The molecule has 1 fully saturated rings. The topological polar surface area (TPSA) is 158 Å². The number of morpholine rings is 1. The number of carbonyl (C=O) groups excluding carboxylic acids is 2. The largest absolute Gasteiger partial charge is 0.496 e. The van der Waals surface area contributed by atoms with Crippen LogP contribution in [0.4, 0.5) is 5.69 Å².